The van der Waals surface area contributed by atoms with Crippen LogP contribution in [0.4, 0.5) is 5.69 Å². The molecule has 1 amide bonds. The molecule has 0 aliphatic rings. The minimum absolute atomic E-state index is 0.0640. The zero-order valence-corrected chi connectivity index (χ0v) is 20.3. The summed E-state index contributed by atoms with van der Waals surface area (Å²) in [5.74, 6) is 1.51. The Labute approximate surface area is 197 Å². The highest BCUT2D eigenvalue weighted by molar-refractivity contribution is 9.10. The predicted octanol–water partition coefficient (Wildman–Crippen LogP) is 6.79. The Morgan fingerprint density at radius 3 is 2.47 bits per heavy atom. The Morgan fingerprint density at radius 2 is 1.75 bits per heavy atom. The van der Waals surface area contributed by atoms with Crippen LogP contribution >= 0.6 is 15.9 Å². The third kappa shape index (κ3) is 5.10. The lowest BCUT2D eigenvalue weighted by atomic mass is 9.96. The zero-order chi connectivity index (χ0) is 22.7. The molecule has 0 aliphatic carbocycles. The molecule has 0 saturated heterocycles. The molecule has 0 fully saturated rings. The fourth-order valence-corrected chi connectivity index (χ4v) is 4.46. The number of rotatable bonds is 7. The second kappa shape index (κ2) is 9.70. The first-order chi connectivity index (χ1) is 15.4. The molecule has 32 heavy (non-hydrogen) atoms. The van der Waals surface area contributed by atoms with E-state index in [2.05, 4.69) is 66.3 Å². The molecule has 0 radical (unpaired) electrons. The summed E-state index contributed by atoms with van der Waals surface area (Å²) in [7, 11) is 0. The second-order valence-corrected chi connectivity index (χ2v) is 9.58. The van der Waals surface area contributed by atoms with E-state index in [1.165, 1.54) is 11.1 Å². The topological polar surface area (TPSA) is 46.9 Å². The minimum Gasteiger partial charge on any atom is -0.324 e. The summed E-state index contributed by atoms with van der Waals surface area (Å²) in [5.41, 5.74) is 5.18. The highest BCUT2D eigenvalue weighted by Crippen LogP contribution is 2.28. The third-order valence-electron chi connectivity index (χ3n) is 5.61. The van der Waals surface area contributed by atoms with Gasteiger partial charge < -0.3 is 9.88 Å². The molecule has 3 aromatic carbocycles. The summed E-state index contributed by atoms with van der Waals surface area (Å²) >= 11 is 3.45. The van der Waals surface area contributed by atoms with Crippen molar-refractivity contribution in [1.29, 1.82) is 0 Å². The molecular formula is C27H28BrN3O. The van der Waals surface area contributed by atoms with E-state index >= 15 is 0 Å². The molecule has 1 N–H and O–H groups in total. The number of carbonyl (C=O) groups is 1. The maximum atomic E-state index is 12.9. The van der Waals surface area contributed by atoms with Gasteiger partial charge in [0.25, 0.3) is 0 Å². The number of halogens is 1. The van der Waals surface area contributed by atoms with E-state index in [0.29, 0.717) is 5.92 Å². The van der Waals surface area contributed by atoms with Crippen LogP contribution < -0.4 is 5.32 Å². The quantitative estimate of drug-likeness (QED) is 0.310. The highest BCUT2D eigenvalue weighted by atomic mass is 79.9. The minimum atomic E-state index is -0.0769. The van der Waals surface area contributed by atoms with Gasteiger partial charge in [-0.1, -0.05) is 79.2 Å². The van der Waals surface area contributed by atoms with Gasteiger partial charge in [0.2, 0.25) is 5.91 Å². The number of carbonyl (C=O) groups excluding carboxylic acids is 1. The fourth-order valence-electron chi connectivity index (χ4n) is 4.06. The number of anilines is 1. The number of para-hydroxylation sites is 2. The van der Waals surface area contributed by atoms with Gasteiger partial charge in [0.05, 0.1) is 11.0 Å². The summed E-state index contributed by atoms with van der Waals surface area (Å²) in [6, 6.07) is 24.4. The molecule has 1 atom stereocenters. The van der Waals surface area contributed by atoms with Crippen LogP contribution in [0.5, 0.6) is 0 Å². The van der Waals surface area contributed by atoms with Crippen LogP contribution in [0.25, 0.3) is 11.0 Å². The van der Waals surface area contributed by atoms with Crippen molar-refractivity contribution in [3.05, 3.63) is 94.2 Å². The van der Waals surface area contributed by atoms with E-state index in [-0.39, 0.29) is 18.4 Å². The monoisotopic (exact) mass is 489 g/mol. The maximum absolute atomic E-state index is 12.9. The van der Waals surface area contributed by atoms with Crippen molar-refractivity contribution >= 4 is 38.6 Å². The Hall–Kier alpha value is -2.92. The number of nitrogens with one attached hydrogen (secondary N) is 1. The number of benzene rings is 3. The Balaban J connectivity index is 1.63. The largest absolute Gasteiger partial charge is 0.324 e. The summed E-state index contributed by atoms with van der Waals surface area (Å²) in [6.45, 7) is 6.83. The van der Waals surface area contributed by atoms with Crippen molar-refractivity contribution < 1.29 is 4.79 Å². The summed E-state index contributed by atoms with van der Waals surface area (Å²) in [6.07, 6.45) is 1.07. The summed E-state index contributed by atoms with van der Waals surface area (Å²) in [4.78, 5) is 17.8. The number of fused-ring (bicyclic) bond motifs is 1. The number of hydrogen-bond donors (Lipinski definition) is 1. The molecule has 4 aromatic rings. The van der Waals surface area contributed by atoms with Crippen LogP contribution in [0.1, 0.15) is 43.6 Å². The van der Waals surface area contributed by atoms with Crippen LogP contribution in [0.15, 0.2) is 77.3 Å². The second-order valence-electron chi connectivity index (χ2n) is 8.66. The number of aromatic nitrogens is 2. The lowest BCUT2D eigenvalue weighted by Crippen LogP contribution is -2.21. The van der Waals surface area contributed by atoms with Crippen LogP contribution in [0.2, 0.25) is 0 Å². The number of amides is 1. The SMILES string of the molecule is CC(C)Cc1ccc(C(C)c2nc3ccccc3n2CC(=O)Nc2cccc(Br)c2)cc1. The lowest BCUT2D eigenvalue weighted by molar-refractivity contribution is -0.116. The molecule has 0 saturated carbocycles. The average Bonchev–Trinajstić information content (AvgIpc) is 3.12. The van der Waals surface area contributed by atoms with E-state index in [9.17, 15) is 4.79 Å². The molecule has 1 unspecified atom stereocenters. The highest BCUT2D eigenvalue weighted by Gasteiger charge is 2.20. The van der Waals surface area contributed by atoms with Gasteiger partial charge >= 0.3 is 0 Å². The first-order valence-electron chi connectivity index (χ1n) is 11.0. The van der Waals surface area contributed by atoms with Crippen molar-refractivity contribution in [3.8, 4) is 0 Å². The Morgan fingerprint density at radius 1 is 1.00 bits per heavy atom. The number of nitrogens with zero attached hydrogens (tertiary/aromatic N) is 2. The van der Waals surface area contributed by atoms with E-state index < -0.39 is 0 Å². The van der Waals surface area contributed by atoms with Crippen LogP contribution in [-0.2, 0) is 17.8 Å². The molecule has 0 spiro atoms. The first kappa shape index (κ1) is 22.3. The van der Waals surface area contributed by atoms with Gasteiger partial charge in [-0.2, -0.15) is 0 Å². The van der Waals surface area contributed by atoms with Crippen molar-refractivity contribution in [3.63, 3.8) is 0 Å². The van der Waals surface area contributed by atoms with Gasteiger partial charge in [-0.3, -0.25) is 4.79 Å². The van der Waals surface area contributed by atoms with Gasteiger partial charge in [-0.15, -0.1) is 0 Å². The van der Waals surface area contributed by atoms with Crippen molar-refractivity contribution in [2.45, 2.75) is 39.7 Å². The van der Waals surface area contributed by atoms with E-state index in [0.717, 1.165) is 33.4 Å². The molecule has 4 nitrogen and oxygen atoms in total. The third-order valence-corrected chi connectivity index (χ3v) is 6.10. The Kier molecular flexibility index (Phi) is 6.75. The molecule has 0 bridgehead atoms. The van der Waals surface area contributed by atoms with E-state index in [4.69, 9.17) is 4.98 Å². The predicted molar refractivity (Wildman–Crippen MR) is 135 cm³/mol. The van der Waals surface area contributed by atoms with Gasteiger partial charge in [0, 0.05) is 16.1 Å². The molecule has 0 aliphatic heterocycles. The lowest BCUT2D eigenvalue weighted by Gasteiger charge is -2.16. The average molecular weight is 490 g/mol. The van der Waals surface area contributed by atoms with E-state index in [1.54, 1.807) is 0 Å². The van der Waals surface area contributed by atoms with Crippen molar-refractivity contribution in [2.75, 3.05) is 5.32 Å². The Bertz CT molecular complexity index is 1230. The van der Waals surface area contributed by atoms with Crippen molar-refractivity contribution in [1.82, 2.24) is 9.55 Å². The van der Waals surface area contributed by atoms with Gasteiger partial charge in [-0.25, -0.2) is 4.98 Å². The van der Waals surface area contributed by atoms with Crippen LogP contribution in [-0.4, -0.2) is 15.5 Å². The van der Waals surface area contributed by atoms with Crippen molar-refractivity contribution in [2.24, 2.45) is 5.92 Å². The number of imidazole rings is 1. The standard InChI is InChI=1S/C27H28BrN3O/c1-18(2)15-20-11-13-21(14-12-20)19(3)27-30-24-9-4-5-10-25(24)31(27)17-26(32)29-23-8-6-7-22(28)16-23/h4-14,16,18-19H,15,17H2,1-3H3,(H,29,32). The normalized spacial score (nSPS) is 12.3. The molecule has 4 rings (SSSR count). The summed E-state index contributed by atoms with van der Waals surface area (Å²) in [5, 5.41) is 3.00. The van der Waals surface area contributed by atoms with Crippen LogP contribution in [0.3, 0.4) is 0 Å². The first-order valence-corrected chi connectivity index (χ1v) is 11.8. The molecular weight excluding hydrogens is 462 g/mol. The fraction of sp³-hybridized carbons (Fsp3) is 0.259. The number of hydrogen-bond acceptors (Lipinski definition) is 2. The maximum Gasteiger partial charge on any atom is 0.244 e. The van der Waals surface area contributed by atoms with Crippen LogP contribution in [0, 0.1) is 5.92 Å². The van der Waals surface area contributed by atoms with E-state index in [1.807, 2.05) is 53.1 Å². The van der Waals surface area contributed by atoms with Gasteiger partial charge in [0.1, 0.15) is 12.4 Å². The molecule has 5 heteroatoms. The van der Waals surface area contributed by atoms with Gasteiger partial charge in [0.15, 0.2) is 0 Å². The zero-order valence-electron chi connectivity index (χ0n) is 18.7. The molecule has 164 valence electrons. The summed E-state index contributed by atoms with van der Waals surface area (Å²) < 4.78 is 2.97. The molecule has 1 aromatic heterocycles. The smallest absolute Gasteiger partial charge is 0.244 e. The molecule has 1 heterocycles. The van der Waals surface area contributed by atoms with Gasteiger partial charge in [-0.05, 0) is 53.8 Å².